The SMILES string of the molecule is FCCCN1CC(Cc2ccc(C3=C(c4ccc(F)cc4CF)CCCc4ccccc43)cc2)C1. The first kappa shape index (κ1) is 23.9. The molecule has 2 aliphatic rings. The standard InChI is InChI=1S/C31H32F3N/c32-15-4-16-35-20-23(21-35)17-22-9-11-25(12-10-22)31-29-7-2-1-5-24(29)6-3-8-30(31)28-14-13-27(34)18-26(28)19-33/h1-2,5,7,9-14,18,23H,3-4,6,8,15-17,19-21H2. The predicted octanol–water partition coefficient (Wildman–Crippen LogP) is 7.42. The molecule has 0 radical (unpaired) electrons. The molecular formula is C31H32F3N. The Labute approximate surface area is 206 Å². The van der Waals surface area contributed by atoms with Gasteiger partial charge in [-0.15, -0.1) is 0 Å². The van der Waals surface area contributed by atoms with Gasteiger partial charge in [0.15, 0.2) is 0 Å². The fourth-order valence-electron chi connectivity index (χ4n) is 5.70. The Morgan fingerprint density at radius 1 is 0.857 bits per heavy atom. The highest BCUT2D eigenvalue weighted by atomic mass is 19.1. The molecule has 0 spiro atoms. The van der Waals surface area contributed by atoms with Crippen LogP contribution in [0.3, 0.4) is 0 Å². The second-order valence-corrected chi connectivity index (χ2v) is 9.87. The van der Waals surface area contributed by atoms with Gasteiger partial charge in [-0.25, -0.2) is 8.78 Å². The van der Waals surface area contributed by atoms with Gasteiger partial charge in [-0.2, -0.15) is 0 Å². The van der Waals surface area contributed by atoms with E-state index >= 15 is 0 Å². The summed E-state index contributed by atoms with van der Waals surface area (Å²) < 4.78 is 40.3. The molecule has 1 aliphatic carbocycles. The van der Waals surface area contributed by atoms with Gasteiger partial charge in [0.2, 0.25) is 0 Å². The minimum absolute atomic E-state index is 0.242. The average Bonchev–Trinajstić information content (AvgIpc) is 3.05. The van der Waals surface area contributed by atoms with Crippen LogP contribution in [-0.2, 0) is 19.5 Å². The highest BCUT2D eigenvalue weighted by Crippen LogP contribution is 2.41. The molecule has 4 heteroatoms. The fraction of sp³-hybridized carbons (Fsp3) is 0.355. The molecule has 3 aromatic rings. The van der Waals surface area contributed by atoms with Crippen molar-refractivity contribution in [1.29, 1.82) is 0 Å². The zero-order chi connectivity index (χ0) is 24.2. The molecule has 1 heterocycles. The lowest BCUT2D eigenvalue weighted by Crippen LogP contribution is -2.47. The van der Waals surface area contributed by atoms with Gasteiger partial charge in [0, 0.05) is 19.6 Å². The van der Waals surface area contributed by atoms with Crippen LogP contribution in [0, 0.1) is 11.7 Å². The van der Waals surface area contributed by atoms with E-state index in [2.05, 4.69) is 53.4 Å². The van der Waals surface area contributed by atoms with E-state index in [-0.39, 0.29) is 6.67 Å². The maximum absolute atomic E-state index is 13.9. The largest absolute Gasteiger partial charge is 0.303 e. The van der Waals surface area contributed by atoms with Crippen LogP contribution in [-0.4, -0.2) is 31.2 Å². The van der Waals surface area contributed by atoms with Crippen molar-refractivity contribution in [2.75, 3.05) is 26.3 Å². The summed E-state index contributed by atoms with van der Waals surface area (Å²) in [6.07, 6.45) is 4.41. The number of hydrogen-bond acceptors (Lipinski definition) is 1. The Morgan fingerprint density at radius 2 is 1.66 bits per heavy atom. The highest BCUT2D eigenvalue weighted by molar-refractivity contribution is 6.00. The van der Waals surface area contributed by atoms with Crippen molar-refractivity contribution in [2.45, 2.75) is 38.8 Å². The molecule has 0 N–H and O–H groups in total. The Hall–Kier alpha value is -2.85. The number of rotatable bonds is 8. The molecule has 1 fully saturated rings. The van der Waals surface area contributed by atoms with Gasteiger partial charge in [-0.05, 0) is 94.7 Å². The van der Waals surface area contributed by atoms with Crippen LogP contribution in [0.15, 0.2) is 66.7 Å². The normalized spacial score (nSPS) is 16.7. The van der Waals surface area contributed by atoms with Crippen molar-refractivity contribution in [3.8, 4) is 0 Å². The van der Waals surface area contributed by atoms with Crippen molar-refractivity contribution in [3.05, 3.63) is 106 Å². The number of benzene rings is 3. The topological polar surface area (TPSA) is 3.24 Å². The Bertz CT molecular complexity index is 1190. The first-order valence-electron chi connectivity index (χ1n) is 12.7. The number of likely N-dealkylation sites (tertiary alicyclic amines) is 1. The summed E-state index contributed by atoms with van der Waals surface area (Å²) in [5.74, 6) is 0.223. The first-order chi connectivity index (χ1) is 17.2. The van der Waals surface area contributed by atoms with Crippen molar-refractivity contribution in [3.63, 3.8) is 0 Å². The highest BCUT2D eigenvalue weighted by Gasteiger charge is 2.26. The molecule has 0 amide bonds. The minimum atomic E-state index is -0.686. The Morgan fingerprint density at radius 3 is 2.43 bits per heavy atom. The number of nitrogens with zero attached hydrogens (tertiary/aromatic N) is 1. The van der Waals surface area contributed by atoms with Crippen LogP contribution in [0.25, 0.3) is 11.1 Å². The summed E-state index contributed by atoms with van der Waals surface area (Å²) in [7, 11) is 0. The van der Waals surface area contributed by atoms with E-state index in [0.717, 1.165) is 67.6 Å². The van der Waals surface area contributed by atoms with E-state index in [1.165, 1.54) is 28.8 Å². The predicted molar refractivity (Wildman–Crippen MR) is 137 cm³/mol. The molecule has 1 nitrogen and oxygen atoms in total. The molecule has 5 rings (SSSR count). The number of halogens is 3. The smallest absolute Gasteiger partial charge is 0.123 e. The van der Waals surface area contributed by atoms with E-state index < -0.39 is 12.5 Å². The second-order valence-electron chi connectivity index (χ2n) is 9.87. The Kier molecular flexibility index (Phi) is 7.38. The van der Waals surface area contributed by atoms with Crippen molar-refractivity contribution in [2.24, 2.45) is 5.92 Å². The third kappa shape index (κ3) is 5.23. The molecule has 0 aromatic heterocycles. The van der Waals surface area contributed by atoms with Gasteiger partial charge in [-0.1, -0.05) is 54.6 Å². The maximum Gasteiger partial charge on any atom is 0.123 e. The third-order valence-corrected chi connectivity index (χ3v) is 7.41. The molecule has 0 atom stereocenters. The molecule has 1 saturated heterocycles. The molecule has 0 saturated carbocycles. The minimum Gasteiger partial charge on any atom is -0.303 e. The summed E-state index contributed by atoms with van der Waals surface area (Å²) in [6.45, 7) is 2.01. The first-order valence-corrected chi connectivity index (χ1v) is 12.7. The van der Waals surface area contributed by atoms with Gasteiger partial charge in [0.25, 0.3) is 0 Å². The molecule has 0 bridgehead atoms. The van der Waals surface area contributed by atoms with Crippen LogP contribution in [0.5, 0.6) is 0 Å². The van der Waals surface area contributed by atoms with Crippen molar-refractivity contribution >= 4 is 11.1 Å². The number of hydrogen-bond donors (Lipinski definition) is 0. The van der Waals surface area contributed by atoms with Gasteiger partial charge in [0.05, 0.1) is 6.67 Å². The molecule has 182 valence electrons. The quantitative estimate of drug-likeness (QED) is 0.328. The lowest BCUT2D eigenvalue weighted by molar-refractivity contribution is 0.0968. The summed E-state index contributed by atoms with van der Waals surface area (Å²) in [5.41, 5.74) is 8.36. The Balaban J connectivity index is 1.48. The van der Waals surface area contributed by atoms with E-state index in [1.54, 1.807) is 6.07 Å². The summed E-state index contributed by atoms with van der Waals surface area (Å²) in [5, 5.41) is 0. The van der Waals surface area contributed by atoms with Crippen molar-refractivity contribution in [1.82, 2.24) is 4.90 Å². The number of allylic oxidation sites excluding steroid dienone is 1. The van der Waals surface area contributed by atoms with Crippen LogP contribution in [0.2, 0.25) is 0 Å². The number of aryl methyl sites for hydroxylation is 1. The van der Waals surface area contributed by atoms with Gasteiger partial charge in [0.1, 0.15) is 12.5 Å². The van der Waals surface area contributed by atoms with Crippen molar-refractivity contribution < 1.29 is 13.2 Å². The van der Waals surface area contributed by atoms with Gasteiger partial charge >= 0.3 is 0 Å². The molecular weight excluding hydrogens is 443 g/mol. The average molecular weight is 476 g/mol. The van der Waals surface area contributed by atoms with Crippen LogP contribution >= 0.6 is 0 Å². The van der Waals surface area contributed by atoms with Crippen LogP contribution in [0.1, 0.15) is 52.6 Å². The zero-order valence-corrected chi connectivity index (χ0v) is 20.1. The number of fused-ring (bicyclic) bond motifs is 1. The molecule has 35 heavy (non-hydrogen) atoms. The van der Waals surface area contributed by atoms with Crippen LogP contribution in [0.4, 0.5) is 13.2 Å². The second kappa shape index (κ2) is 10.8. The summed E-state index contributed by atoms with van der Waals surface area (Å²) >= 11 is 0. The van der Waals surface area contributed by atoms with E-state index in [4.69, 9.17) is 0 Å². The summed E-state index contributed by atoms with van der Waals surface area (Å²) in [6, 6.07) is 21.8. The number of alkyl halides is 2. The third-order valence-electron chi connectivity index (χ3n) is 7.41. The molecule has 1 aliphatic heterocycles. The molecule has 3 aromatic carbocycles. The van der Waals surface area contributed by atoms with E-state index in [0.29, 0.717) is 17.9 Å². The summed E-state index contributed by atoms with van der Waals surface area (Å²) in [4.78, 5) is 2.32. The van der Waals surface area contributed by atoms with Gasteiger partial charge in [-0.3, -0.25) is 4.39 Å². The lowest BCUT2D eigenvalue weighted by atomic mass is 9.85. The zero-order valence-electron chi connectivity index (χ0n) is 20.1. The molecule has 0 unspecified atom stereocenters. The fourth-order valence-corrected chi connectivity index (χ4v) is 5.70. The monoisotopic (exact) mass is 475 g/mol. The maximum atomic E-state index is 13.9. The van der Waals surface area contributed by atoms with Gasteiger partial charge < -0.3 is 4.90 Å². The van der Waals surface area contributed by atoms with E-state index in [1.807, 2.05) is 0 Å². The lowest BCUT2D eigenvalue weighted by Gasteiger charge is -2.39. The van der Waals surface area contributed by atoms with Crippen LogP contribution < -0.4 is 0 Å². The van der Waals surface area contributed by atoms with E-state index in [9.17, 15) is 13.2 Å².